The highest BCUT2D eigenvalue weighted by atomic mass is 32.2. The van der Waals surface area contributed by atoms with E-state index in [4.69, 9.17) is 14.5 Å². The van der Waals surface area contributed by atoms with Crippen LogP contribution in [-0.2, 0) is 5.75 Å². The highest BCUT2D eigenvalue weighted by Crippen LogP contribution is 2.42. The van der Waals surface area contributed by atoms with E-state index < -0.39 is 0 Å². The maximum atomic E-state index is 5.48. The van der Waals surface area contributed by atoms with Crippen molar-refractivity contribution < 1.29 is 9.47 Å². The lowest BCUT2D eigenvalue weighted by Crippen LogP contribution is -2.03. The van der Waals surface area contributed by atoms with Crippen LogP contribution >= 0.6 is 11.8 Å². The summed E-state index contributed by atoms with van der Waals surface area (Å²) in [6, 6.07) is 10.1. The molecule has 0 atom stereocenters. The highest BCUT2D eigenvalue weighted by Gasteiger charge is 2.24. The number of aromatic nitrogens is 3. The first-order valence-electron chi connectivity index (χ1n) is 6.54. The van der Waals surface area contributed by atoms with E-state index in [-0.39, 0.29) is 0 Å². The Kier molecular flexibility index (Phi) is 2.78. The molecule has 106 valence electrons. The first-order chi connectivity index (χ1) is 10.3. The Labute approximate surface area is 125 Å². The lowest BCUT2D eigenvalue weighted by atomic mass is 10.1. The second-order valence-corrected chi connectivity index (χ2v) is 5.69. The van der Waals surface area contributed by atoms with Crippen molar-refractivity contribution in [2.45, 2.75) is 10.6 Å². The van der Waals surface area contributed by atoms with Crippen LogP contribution in [0.1, 0.15) is 5.69 Å². The Morgan fingerprint density at radius 1 is 1.14 bits per heavy atom. The van der Waals surface area contributed by atoms with Gasteiger partial charge < -0.3 is 9.47 Å². The van der Waals surface area contributed by atoms with Gasteiger partial charge in [-0.2, -0.15) is 4.98 Å². The van der Waals surface area contributed by atoms with Crippen molar-refractivity contribution in [3.63, 3.8) is 0 Å². The van der Waals surface area contributed by atoms with Gasteiger partial charge in [-0.15, -0.1) is 11.8 Å². The molecule has 0 N–H and O–H groups in total. The number of benzene rings is 1. The van der Waals surface area contributed by atoms with Crippen LogP contribution in [0.3, 0.4) is 0 Å². The number of hydrogen-bond donors (Lipinski definition) is 0. The molecule has 0 spiro atoms. The van der Waals surface area contributed by atoms with Crippen LogP contribution < -0.4 is 9.47 Å². The Morgan fingerprint density at radius 2 is 2.00 bits per heavy atom. The van der Waals surface area contributed by atoms with Crippen LogP contribution in [0.25, 0.3) is 17.0 Å². The van der Waals surface area contributed by atoms with Gasteiger partial charge >= 0.3 is 0 Å². The fraction of sp³-hybridized carbons (Fsp3) is 0.200. The molecule has 6 heteroatoms. The van der Waals surface area contributed by atoms with E-state index in [0.717, 1.165) is 22.7 Å². The summed E-state index contributed by atoms with van der Waals surface area (Å²) in [6.07, 6.45) is 0. The lowest BCUT2D eigenvalue weighted by molar-refractivity contribution is 0.369. The van der Waals surface area contributed by atoms with Gasteiger partial charge in [0.05, 0.1) is 31.7 Å². The molecule has 0 aliphatic carbocycles. The number of nitrogens with zero attached hydrogens (tertiary/aromatic N) is 3. The molecule has 21 heavy (non-hydrogen) atoms. The van der Waals surface area contributed by atoms with Gasteiger partial charge in [0, 0.05) is 16.2 Å². The third-order valence-electron chi connectivity index (χ3n) is 3.56. The van der Waals surface area contributed by atoms with Gasteiger partial charge in [0.15, 0.2) is 0 Å². The largest absolute Gasteiger partial charge is 0.482 e. The van der Waals surface area contributed by atoms with Gasteiger partial charge in [0.1, 0.15) is 0 Å². The van der Waals surface area contributed by atoms with Gasteiger partial charge in [-0.05, 0) is 6.07 Å². The Balaban J connectivity index is 2.05. The third-order valence-corrected chi connectivity index (χ3v) is 4.64. The van der Waals surface area contributed by atoms with E-state index in [1.165, 1.54) is 4.90 Å². The van der Waals surface area contributed by atoms with E-state index in [2.05, 4.69) is 23.2 Å². The zero-order chi connectivity index (χ0) is 14.4. The summed E-state index contributed by atoms with van der Waals surface area (Å²) < 4.78 is 12.7. The summed E-state index contributed by atoms with van der Waals surface area (Å²) in [7, 11) is 3.23. The minimum Gasteiger partial charge on any atom is -0.482 e. The van der Waals surface area contributed by atoms with Crippen molar-refractivity contribution in [3.05, 3.63) is 36.0 Å². The predicted molar refractivity (Wildman–Crippen MR) is 81.1 cm³/mol. The first kappa shape index (κ1) is 12.5. The fourth-order valence-corrected chi connectivity index (χ4v) is 3.64. The molecule has 5 nitrogen and oxygen atoms in total. The molecule has 4 rings (SSSR count). The molecule has 0 unspecified atom stereocenters. The molecule has 0 bridgehead atoms. The number of rotatable bonds is 2. The fourth-order valence-electron chi connectivity index (χ4n) is 2.59. The summed E-state index contributed by atoms with van der Waals surface area (Å²) in [5.74, 6) is 2.64. The van der Waals surface area contributed by atoms with Crippen molar-refractivity contribution in [2.75, 3.05) is 14.2 Å². The standard InChI is InChI=1S/C15H13N3O2S/c1-19-12-7-13(20-2)18-10-8-21-11-6-4-3-5-9(11)14(10)17-15(18)16-12/h3-7H,8H2,1-2H3. The first-order valence-corrected chi connectivity index (χ1v) is 7.53. The van der Waals surface area contributed by atoms with E-state index >= 15 is 0 Å². The smallest absolute Gasteiger partial charge is 0.240 e. The number of imidazole rings is 1. The zero-order valence-corrected chi connectivity index (χ0v) is 12.5. The van der Waals surface area contributed by atoms with Crippen molar-refractivity contribution in [1.29, 1.82) is 0 Å². The maximum Gasteiger partial charge on any atom is 0.240 e. The number of fused-ring (bicyclic) bond motifs is 5. The van der Waals surface area contributed by atoms with Crippen LogP contribution in [0.4, 0.5) is 0 Å². The van der Waals surface area contributed by atoms with Gasteiger partial charge in [-0.25, -0.2) is 9.38 Å². The van der Waals surface area contributed by atoms with Crippen LogP contribution in [0.15, 0.2) is 35.2 Å². The molecule has 0 radical (unpaired) electrons. The minimum atomic E-state index is 0.502. The Bertz CT molecular complexity index is 844. The van der Waals surface area contributed by atoms with Crippen molar-refractivity contribution >= 4 is 17.5 Å². The summed E-state index contributed by atoms with van der Waals surface area (Å²) in [6.45, 7) is 0. The van der Waals surface area contributed by atoms with E-state index in [1.807, 2.05) is 10.5 Å². The van der Waals surface area contributed by atoms with E-state index in [0.29, 0.717) is 17.5 Å². The summed E-state index contributed by atoms with van der Waals surface area (Å²) in [5.41, 5.74) is 3.24. The monoisotopic (exact) mass is 299 g/mol. The SMILES string of the molecule is COc1cc(OC)n2c3c(nc2n1)-c1ccccc1SC3. The molecule has 1 aromatic carbocycles. The average molecular weight is 299 g/mol. The van der Waals surface area contributed by atoms with Gasteiger partial charge in [-0.3, -0.25) is 0 Å². The van der Waals surface area contributed by atoms with Crippen LogP contribution in [0.2, 0.25) is 0 Å². The molecule has 0 amide bonds. The average Bonchev–Trinajstić information content (AvgIpc) is 2.92. The molecule has 2 aromatic heterocycles. The molecule has 1 aliphatic rings. The van der Waals surface area contributed by atoms with Gasteiger partial charge in [-0.1, -0.05) is 18.2 Å². The number of thioether (sulfide) groups is 1. The zero-order valence-electron chi connectivity index (χ0n) is 11.7. The van der Waals surface area contributed by atoms with Crippen LogP contribution in [0, 0.1) is 0 Å². The normalized spacial score (nSPS) is 12.9. The number of methoxy groups -OCH3 is 2. The van der Waals surface area contributed by atoms with Gasteiger partial charge in [0.25, 0.3) is 0 Å². The lowest BCUT2D eigenvalue weighted by Gasteiger charge is -2.15. The Morgan fingerprint density at radius 3 is 2.81 bits per heavy atom. The highest BCUT2D eigenvalue weighted by molar-refractivity contribution is 7.98. The topological polar surface area (TPSA) is 48.7 Å². The number of ether oxygens (including phenoxy) is 2. The summed E-state index contributed by atoms with van der Waals surface area (Å²) in [4.78, 5) is 10.4. The minimum absolute atomic E-state index is 0.502. The summed E-state index contributed by atoms with van der Waals surface area (Å²) in [5, 5.41) is 0. The molecule has 3 aromatic rings. The summed E-state index contributed by atoms with van der Waals surface area (Å²) >= 11 is 1.80. The van der Waals surface area contributed by atoms with Gasteiger partial charge in [0.2, 0.25) is 17.5 Å². The van der Waals surface area contributed by atoms with Crippen LogP contribution in [0.5, 0.6) is 11.8 Å². The second-order valence-electron chi connectivity index (χ2n) is 4.67. The molecule has 3 heterocycles. The van der Waals surface area contributed by atoms with Crippen molar-refractivity contribution in [1.82, 2.24) is 14.4 Å². The van der Waals surface area contributed by atoms with Crippen LogP contribution in [-0.4, -0.2) is 28.6 Å². The third kappa shape index (κ3) is 1.79. The second kappa shape index (κ2) is 4.66. The molecule has 0 saturated heterocycles. The predicted octanol–water partition coefficient (Wildman–Crippen LogP) is 3.02. The van der Waals surface area contributed by atoms with Crippen molar-refractivity contribution in [3.8, 4) is 23.0 Å². The molecule has 0 fully saturated rings. The molecular weight excluding hydrogens is 286 g/mol. The maximum absolute atomic E-state index is 5.48. The molecular formula is C15H13N3O2S. The van der Waals surface area contributed by atoms with E-state index in [1.54, 1.807) is 32.0 Å². The van der Waals surface area contributed by atoms with Crippen molar-refractivity contribution in [2.24, 2.45) is 0 Å². The number of hydrogen-bond acceptors (Lipinski definition) is 5. The molecule has 1 aliphatic heterocycles. The van der Waals surface area contributed by atoms with E-state index in [9.17, 15) is 0 Å². The Hall–Kier alpha value is -2.21. The quantitative estimate of drug-likeness (QED) is 0.728. The molecule has 0 saturated carbocycles.